The summed E-state index contributed by atoms with van der Waals surface area (Å²) in [5, 5.41) is 8.12. The highest BCUT2D eigenvalue weighted by molar-refractivity contribution is 6.30. The number of ether oxygens (including phenoxy) is 1. The second-order valence-electron chi connectivity index (χ2n) is 5.62. The van der Waals surface area contributed by atoms with E-state index in [1.54, 1.807) is 41.3 Å². The van der Waals surface area contributed by atoms with E-state index in [4.69, 9.17) is 27.9 Å². The number of hydrogen-bond donors (Lipinski definition) is 1. The number of aromatic nitrogens is 2. The molecule has 5 nitrogen and oxygen atoms in total. The summed E-state index contributed by atoms with van der Waals surface area (Å²) in [7, 11) is 0. The van der Waals surface area contributed by atoms with Gasteiger partial charge in [0.2, 0.25) is 0 Å². The van der Waals surface area contributed by atoms with E-state index < -0.39 is 0 Å². The molecule has 1 heterocycles. The summed E-state index contributed by atoms with van der Waals surface area (Å²) in [5.74, 6) is 0.573. The van der Waals surface area contributed by atoms with E-state index >= 15 is 0 Å². The molecule has 2 aromatic carbocycles. The minimum absolute atomic E-state index is 0.134. The molecule has 1 N–H and O–H groups in total. The zero-order valence-corrected chi connectivity index (χ0v) is 15.4. The van der Waals surface area contributed by atoms with Crippen molar-refractivity contribution in [2.24, 2.45) is 0 Å². The van der Waals surface area contributed by atoms with Crippen molar-refractivity contribution < 1.29 is 9.53 Å². The van der Waals surface area contributed by atoms with Gasteiger partial charge < -0.3 is 10.1 Å². The number of nitrogens with one attached hydrogen (secondary N) is 1. The van der Waals surface area contributed by atoms with Gasteiger partial charge in [0.05, 0.1) is 17.8 Å². The molecule has 0 radical (unpaired) electrons. The van der Waals surface area contributed by atoms with E-state index in [0.717, 1.165) is 5.56 Å². The molecule has 134 valence electrons. The van der Waals surface area contributed by atoms with E-state index in [0.29, 0.717) is 41.1 Å². The van der Waals surface area contributed by atoms with Crippen LogP contribution in [0.2, 0.25) is 10.0 Å². The third kappa shape index (κ3) is 5.25. The Bertz CT molecular complexity index is 879. The highest BCUT2D eigenvalue weighted by Crippen LogP contribution is 2.18. The molecule has 0 atom stereocenters. The van der Waals surface area contributed by atoms with Crippen molar-refractivity contribution in [3.8, 4) is 5.75 Å². The third-order valence-corrected chi connectivity index (χ3v) is 4.08. The van der Waals surface area contributed by atoms with Crippen LogP contribution in [0, 0.1) is 0 Å². The van der Waals surface area contributed by atoms with Crippen molar-refractivity contribution in [3.05, 3.63) is 82.1 Å². The van der Waals surface area contributed by atoms with Crippen LogP contribution in [-0.2, 0) is 13.2 Å². The molecule has 0 bridgehead atoms. The Balaban J connectivity index is 1.47. The van der Waals surface area contributed by atoms with Gasteiger partial charge in [0.25, 0.3) is 5.91 Å². The van der Waals surface area contributed by atoms with Gasteiger partial charge in [-0.05, 0) is 35.9 Å². The summed E-state index contributed by atoms with van der Waals surface area (Å²) >= 11 is 11.7. The highest BCUT2D eigenvalue weighted by Gasteiger charge is 2.06. The molecule has 1 aromatic heterocycles. The van der Waals surface area contributed by atoms with Crippen LogP contribution < -0.4 is 10.1 Å². The van der Waals surface area contributed by atoms with Crippen molar-refractivity contribution in [2.75, 3.05) is 6.54 Å². The number of nitrogens with zero attached hydrogens (tertiary/aromatic N) is 2. The lowest BCUT2D eigenvalue weighted by molar-refractivity contribution is 0.0952. The first-order chi connectivity index (χ1) is 12.6. The van der Waals surface area contributed by atoms with Crippen molar-refractivity contribution in [3.63, 3.8) is 0 Å². The van der Waals surface area contributed by atoms with Gasteiger partial charge in [-0.2, -0.15) is 5.10 Å². The molecule has 3 aromatic rings. The van der Waals surface area contributed by atoms with E-state index in [1.807, 2.05) is 24.3 Å². The van der Waals surface area contributed by atoms with Crippen LogP contribution in [0.25, 0.3) is 0 Å². The monoisotopic (exact) mass is 389 g/mol. The Morgan fingerprint density at radius 1 is 1.12 bits per heavy atom. The van der Waals surface area contributed by atoms with Gasteiger partial charge in [-0.15, -0.1) is 0 Å². The van der Waals surface area contributed by atoms with E-state index in [9.17, 15) is 4.79 Å². The first-order valence-corrected chi connectivity index (χ1v) is 8.79. The molecular formula is C19H17Cl2N3O2. The smallest absolute Gasteiger partial charge is 0.251 e. The van der Waals surface area contributed by atoms with Crippen LogP contribution >= 0.6 is 23.2 Å². The summed E-state index contributed by atoms with van der Waals surface area (Å²) in [6.07, 6.45) is 3.27. The summed E-state index contributed by atoms with van der Waals surface area (Å²) in [6, 6.07) is 14.5. The maximum atomic E-state index is 12.2. The zero-order chi connectivity index (χ0) is 18.4. The molecule has 3 rings (SSSR count). The van der Waals surface area contributed by atoms with Crippen LogP contribution in [0.1, 0.15) is 15.9 Å². The van der Waals surface area contributed by atoms with Crippen LogP contribution in [0.5, 0.6) is 5.75 Å². The van der Waals surface area contributed by atoms with E-state index in [-0.39, 0.29) is 5.91 Å². The predicted molar refractivity (Wildman–Crippen MR) is 102 cm³/mol. The Kier molecular flexibility index (Phi) is 6.15. The fraction of sp³-hybridized carbons (Fsp3) is 0.158. The number of rotatable bonds is 7. The normalized spacial score (nSPS) is 10.5. The van der Waals surface area contributed by atoms with Crippen LogP contribution in [-0.4, -0.2) is 22.2 Å². The van der Waals surface area contributed by atoms with Gasteiger partial charge in [-0.1, -0.05) is 41.4 Å². The standard InChI is InChI=1S/C19H17Cl2N3O2/c20-16-2-1-3-18(10-16)26-13-14-4-6-15(7-5-14)19(25)22-8-9-24-12-17(21)11-23-24/h1-7,10-12H,8-9,13H2,(H,22,25). The molecule has 1 amide bonds. The fourth-order valence-corrected chi connectivity index (χ4v) is 2.66. The molecule has 0 saturated carbocycles. The van der Waals surface area contributed by atoms with Gasteiger partial charge in [0, 0.05) is 23.3 Å². The molecular weight excluding hydrogens is 373 g/mol. The average Bonchev–Trinajstić information content (AvgIpc) is 3.05. The number of carbonyl (C=O) groups excluding carboxylic acids is 1. The highest BCUT2D eigenvalue weighted by atomic mass is 35.5. The summed E-state index contributed by atoms with van der Waals surface area (Å²) in [6.45, 7) is 1.43. The lowest BCUT2D eigenvalue weighted by Gasteiger charge is -2.08. The molecule has 0 aliphatic heterocycles. The maximum Gasteiger partial charge on any atom is 0.251 e. The maximum absolute atomic E-state index is 12.2. The van der Waals surface area contributed by atoms with Crippen molar-refractivity contribution >= 4 is 29.1 Å². The first-order valence-electron chi connectivity index (χ1n) is 8.03. The Morgan fingerprint density at radius 3 is 2.62 bits per heavy atom. The molecule has 0 saturated heterocycles. The lowest BCUT2D eigenvalue weighted by atomic mass is 10.1. The molecule has 0 aliphatic rings. The van der Waals surface area contributed by atoms with Crippen LogP contribution in [0.15, 0.2) is 60.9 Å². The SMILES string of the molecule is O=C(NCCn1cc(Cl)cn1)c1ccc(COc2cccc(Cl)c2)cc1. The summed E-state index contributed by atoms with van der Waals surface area (Å²) in [4.78, 5) is 12.2. The third-order valence-electron chi connectivity index (χ3n) is 3.65. The molecule has 0 aliphatic carbocycles. The van der Waals surface area contributed by atoms with Crippen LogP contribution in [0.3, 0.4) is 0 Å². The summed E-state index contributed by atoms with van der Waals surface area (Å²) in [5.41, 5.74) is 1.56. The van der Waals surface area contributed by atoms with Gasteiger partial charge >= 0.3 is 0 Å². The van der Waals surface area contributed by atoms with Crippen molar-refractivity contribution in [1.82, 2.24) is 15.1 Å². The Morgan fingerprint density at radius 2 is 1.92 bits per heavy atom. The van der Waals surface area contributed by atoms with Crippen LogP contribution in [0.4, 0.5) is 0 Å². The molecule has 0 fully saturated rings. The molecule has 7 heteroatoms. The van der Waals surface area contributed by atoms with E-state index in [1.165, 1.54) is 0 Å². The van der Waals surface area contributed by atoms with Gasteiger partial charge in [-0.3, -0.25) is 9.48 Å². The number of benzene rings is 2. The zero-order valence-electron chi connectivity index (χ0n) is 13.9. The second-order valence-corrected chi connectivity index (χ2v) is 6.49. The second kappa shape index (κ2) is 8.74. The Hall–Kier alpha value is -2.50. The fourth-order valence-electron chi connectivity index (χ4n) is 2.32. The first kappa shape index (κ1) is 18.3. The number of amides is 1. The summed E-state index contributed by atoms with van der Waals surface area (Å²) < 4.78 is 7.36. The van der Waals surface area contributed by atoms with Gasteiger partial charge in [-0.25, -0.2) is 0 Å². The van der Waals surface area contributed by atoms with Crippen molar-refractivity contribution in [2.45, 2.75) is 13.2 Å². The Labute approximate surface area is 161 Å². The average molecular weight is 390 g/mol. The topological polar surface area (TPSA) is 56.2 Å². The predicted octanol–water partition coefficient (Wildman–Crippen LogP) is 4.20. The molecule has 26 heavy (non-hydrogen) atoms. The quantitative estimate of drug-likeness (QED) is 0.658. The van der Waals surface area contributed by atoms with Crippen molar-refractivity contribution in [1.29, 1.82) is 0 Å². The number of hydrogen-bond acceptors (Lipinski definition) is 3. The minimum Gasteiger partial charge on any atom is -0.489 e. The van der Waals surface area contributed by atoms with E-state index in [2.05, 4.69) is 10.4 Å². The number of carbonyl (C=O) groups is 1. The minimum atomic E-state index is -0.134. The number of halogens is 2. The lowest BCUT2D eigenvalue weighted by Crippen LogP contribution is -2.27. The largest absolute Gasteiger partial charge is 0.489 e. The van der Waals surface area contributed by atoms with Gasteiger partial charge in [0.1, 0.15) is 12.4 Å². The molecule has 0 spiro atoms. The van der Waals surface area contributed by atoms with Gasteiger partial charge in [0.15, 0.2) is 0 Å². The molecule has 0 unspecified atom stereocenters.